The highest BCUT2D eigenvalue weighted by Gasteiger charge is 2.36. The molecule has 0 aliphatic carbocycles. The Labute approximate surface area is 153 Å². The lowest BCUT2D eigenvalue weighted by Gasteiger charge is -2.17. The van der Waals surface area contributed by atoms with Gasteiger partial charge in [-0.1, -0.05) is 12.1 Å². The molecular weight excluding hydrogens is 328 g/mol. The van der Waals surface area contributed by atoms with Crippen molar-refractivity contribution in [3.63, 3.8) is 0 Å². The topological polar surface area (TPSA) is 50.8 Å². The fourth-order valence-electron chi connectivity index (χ4n) is 4.25. The van der Waals surface area contributed by atoms with Crippen molar-refractivity contribution in [1.82, 2.24) is 10.2 Å². The minimum absolute atomic E-state index is 0.0198. The van der Waals surface area contributed by atoms with Gasteiger partial charge in [0, 0.05) is 42.7 Å². The number of benzene rings is 2. The molecule has 5 nitrogen and oxygen atoms in total. The molecule has 0 radical (unpaired) electrons. The minimum Gasteiger partial charge on any atom is -0.497 e. The summed E-state index contributed by atoms with van der Waals surface area (Å²) < 4.78 is 10.8. The van der Waals surface area contributed by atoms with Crippen LogP contribution in [-0.2, 0) is 0 Å². The van der Waals surface area contributed by atoms with Crippen LogP contribution < -0.4 is 14.8 Å². The zero-order chi connectivity index (χ0) is 18.3. The van der Waals surface area contributed by atoms with Crippen LogP contribution >= 0.6 is 0 Å². The maximum Gasteiger partial charge on any atom is 0.251 e. The van der Waals surface area contributed by atoms with E-state index in [0.717, 1.165) is 53.4 Å². The number of methoxy groups -OCH3 is 2. The first-order valence-corrected chi connectivity index (χ1v) is 8.93. The lowest BCUT2D eigenvalue weighted by molar-refractivity contribution is 0.0951. The third kappa shape index (κ3) is 2.82. The van der Waals surface area contributed by atoms with Crippen LogP contribution in [0, 0.1) is 5.92 Å². The molecule has 2 aromatic rings. The number of likely N-dealkylation sites (tertiary alicyclic amines) is 1. The molecule has 1 amide bonds. The molecule has 0 saturated carbocycles. The van der Waals surface area contributed by atoms with Crippen molar-refractivity contribution in [1.29, 1.82) is 0 Å². The molecule has 2 atom stereocenters. The molecule has 2 aliphatic heterocycles. The minimum atomic E-state index is 0.0198. The van der Waals surface area contributed by atoms with Gasteiger partial charge in [-0.3, -0.25) is 4.79 Å². The number of likely N-dealkylation sites (N-methyl/N-ethyl adjacent to an activating group) is 1. The second-order valence-corrected chi connectivity index (χ2v) is 7.17. The first-order chi connectivity index (χ1) is 12.6. The number of carbonyl (C=O) groups is 1. The van der Waals surface area contributed by atoms with Crippen LogP contribution in [0.3, 0.4) is 0 Å². The Bertz CT molecular complexity index is 849. The molecule has 0 bridgehead atoms. The van der Waals surface area contributed by atoms with Gasteiger partial charge in [0.05, 0.1) is 14.2 Å². The number of carbonyl (C=O) groups excluding carboxylic acids is 1. The van der Waals surface area contributed by atoms with E-state index in [1.54, 1.807) is 14.2 Å². The van der Waals surface area contributed by atoms with Crippen molar-refractivity contribution >= 4 is 5.91 Å². The summed E-state index contributed by atoms with van der Waals surface area (Å²) in [6, 6.07) is 12.0. The second-order valence-electron chi connectivity index (χ2n) is 7.17. The van der Waals surface area contributed by atoms with Crippen molar-refractivity contribution in [2.24, 2.45) is 5.92 Å². The summed E-state index contributed by atoms with van der Waals surface area (Å²) in [4.78, 5) is 15.0. The van der Waals surface area contributed by atoms with Gasteiger partial charge in [0.25, 0.3) is 5.91 Å². The molecule has 1 saturated heterocycles. The van der Waals surface area contributed by atoms with E-state index >= 15 is 0 Å². The first kappa shape index (κ1) is 16.9. The van der Waals surface area contributed by atoms with Crippen molar-refractivity contribution in [2.75, 3.05) is 40.9 Å². The fourth-order valence-corrected chi connectivity index (χ4v) is 4.25. The van der Waals surface area contributed by atoms with Crippen molar-refractivity contribution in [3.8, 4) is 22.6 Å². The Hall–Kier alpha value is -2.53. The number of rotatable bonds is 3. The molecular formula is C21H24N2O3. The van der Waals surface area contributed by atoms with Gasteiger partial charge in [0.2, 0.25) is 0 Å². The molecule has 0 aromatic heterocycles. The molecule has 1 fully saturated rings. The molecule has 4 rings (SSSR count). The average molecular weight is 352 g/mol. The summed E-state index contributed by atoms with van der Waals surface area (Å²) in [5.74, 6) is 2.38. The standard InChI is InChI=1S/C21H24N2O3/c1-23-11-14-10-22-21(24)18-8-13(4-6-17(18)19(14)12-23)16-7-5-15(25-2)9-20(16)26-3/h4-9,14,19H,10-12H2,1-3H3,(H,22,24)/t14-,19-/m0/s1. The predicted octanol–water partition coefficient (Wildman–Crippen LogP) is 2.76. The number of fused-ring (bicyclic) bond motifs is 3. The first-order valence-electron chi connectivity index (χ1n) is 8.93. The number of nitrogens with one attached hydrogen (secondary N) is 1. The van der Waals surface area contributed by atoms with E-state index in [2.05, 4.69) is 29.4 Å². The van der Waals surface area contributed by atoms with Crippen LogP contribution in [0.1, 0.15) is 21.8 Å². The van der Waals surface area contributed by atoms with Gasteiger partial charge in [-0.25, -0.2) is 0 Å². The number of hydrogen-bond acceptors (Lipinski definition) is 4. The van der Waals surface area contributed by atoms with Crippen LogP contribution in [0.2, 0.25) is 0 Å². The zero-order valence-electron chi connectivity index (χ0n) is 15.4. The van der Waals surface area contributed by atoms with E-state index in [0.29, 0.717) is 11.8 Å². The molecule has 26 heavy (non-hydrogen) atoms. The van der Waals surface area contributed by atoms with Crippen LogP contribution in [0.5, 0.6) is 11.5 Å². The normalized spacial score (nSPS) is 22.2. The van der Waals surface area contributed by atoms with Gasteiger partial charge in [-0.2, -0.15) is 0 Å². The van der Waals surface area contributed by atoms with Gasteiger partial charge >= 0.3 is 0 Å². The van der Waals surface area contributed by atoms with E-state index in [4.69, 9.17) is 9.47 Å². The van der Waals surface area contributed by atoms with Crippen LogP contribution in [0.4, 0.5) is 0 Å². The third-order valence-corrected chi connectivity index (χ3v) is 5.57. The number of ether oxygens (including phenoxy) is 2. The lowest BCUT2D eigenvalue weighted by Crippen LogP contribution is -2.29. The van der Waals surface area contributed by atoms with Gasteiger partial charge in [-0.15, -0.1) is 0 Å². The molecule has 0 spiro atoms. The second kappa shape index (κ2) is 6.65. The van der Waals surface area contributed by atoms with Crippen molar-refractivity contribution in [3.05, 3.63) is 47.5 Å². The van der Waals surface area contributed by atoms with Gasteiger partial charge in [0.1, 0.15) is 11.5 Å². The van der Waals surface area contributed by atoms with Gasteiger partial charge in [-0.05, 0) is 42.3 Å². The van der Waals surface area contributed by atoms with E-state index < -0.39 is 0 Å². The summed E-state index contributed by atoms with van der Waals surface area (Å²) in [7, 11) is 5.43. The molecule has 0 unspecified atom stereocenters. The number of nitrogens with zero attached hydrogens (tertiary/aromatic N) is 1. The summed E-state index contributed by atoms with van der Waals surface area (Å²) in [6.45, 7) is 2.76. The van der Waals surface area contributed by atoms with E-state index in [9.17, 15) is 4.79 Å². The summed E-state index contributed by atoms with van der Waals surface area (Å²) in [5, 5.41) is 3.10. The highest BCUT2D eigenvalue weighted by atomic mass is 16.5. The van der Waals surface area contributed by atoms with Crippen molar-refractivity contribution < 1.29 is 14.3 Å². The number of hydrogen-bond donors (Lipinski definition) is 1. The highest BCUT2D eigenvalue weighted by Crippen LogP contribution is 2.39. The van der Waals surface area contributed by atoms with E-state index in [1.807, 2.05) is 24.3 Å². The molecule has 2 aromatic carbocycles. The quantitative estimate of drug-likeness (QED) is 0.923. The van der Waals surface area contributed by atoms with Crippen LogP contribution in [0.15, 0.2) is 36.4 Å². The SMILES string of the molecule is COc1ccc(-c2ccc3c(c2)C(=O)NC[C@H]2CN(C)C[C@H]32)c(OC)c1. The molecule has 2 heterocycles. The zero-order valence-corrected chi connectivity index (χ0v) is 15.4. The Morgan fingerprint density at radius 1 is 1.04 bits per heavy atom. The maximum atomic E-state index is 12.7. The molecule has 1 N–H and O–H groups in total. The predicted molar refractivity (Wildman–Crippen MR) is 101 cm³/mol. The lowest BCUT2D eigenvalue weighted by atomic mass is 9.86. The Morgan fingerprint density at radius 2 is 1.88 bits per heavy atom. The summed E-state index contributed by atoms with van der Waals surface area (Å²) >= 11 is 0. The number of amides is 1. The highest BCUT2D eigenvalue weighted by molar-refractivity contribution is 5.98. The average Bonchev–Trinajstić information content (AvgIpc) is 2.99. The van der Waals surface area contributed by atoms with E-state index in [-0.39, 0.29) is 5.91 Å². The Kier molecular flexibility index (Phi) is 4.32. The largest absolute Gasteiger partial charge is 0.497 e. The third-order valence-electron chi connectivity index (χ3n) is 5.57. The Balaban J connectivity index is 1.79. The van der Waals surface area contributed by atoms with Crippen LogP contribution in [0.25, 0.3) is 11.1 Å². The van der Waals surface area contributed by atoms with Gasteiger partial charge in [0.15, 0.2) is 0 Å². The molecule has 2 aliphatic rings. The van der Waals surface area contributed by atoms with Gasteiger partial charge < -0.3 is 19.7 Å². The smallest absolute Gasteiger partial charge is 0.251 e. The fraction of sp³-hybridized carbons (Fsp3) is 0.381. The summed E-state index contributed by atoms with van der Waals surface area (Å²) in [5.41, 5.74) is 3.87. The Morgan fingerprint density at radius 3 is 2.65 bits per heavy atom. The molecule has 5 heteroatoms. The van der Waals surface area contributed by atoms with Crippen LogP contribution in [-0.4, -0.2) is 51.7 Å². The maximum absolute atomic E-state index is 12.7. The molecule has 136 valence electrons. The monoisotopic (exact) mass is 352 g/mol. The van der Waals surface area contributed by atoms with E-state index in [1.165, 1.54) is 0 Å². The van der Waals surface area contributed by atoms with Crippen molar-refractivity contribution in [2.45, 2.75) is 5.92 Å². The summed E-state index contributed by atoms with van der Waals surface area (Å²) in [6.07, 6.45) is 0.